The summed E-state index contributed by atoms with van der Waals surface area (Å²) in [6, 6.07) is 5.35. The Hall–Kier alpha value is -0.770. The third-order valence-corrected chi connectivity index (χ3v) is 4.24. The van der Waals surface area contributed by atoms with Crippen LogP contribution in [0.1, 0.15) is 37.8 Å². The Balaban J connectivity index is 2.27. The molecule has 0 spiro atoms. The van der Waals surface area contributed by atoms with Gasteiger partial charge in [-0.1, -0.05) is 29.3 Å². The monoisotopic (exact) mass is 315 g/mol. The standard InChI is InChI=1S/C15H19Cl2NO2/c1-2-20-14(19)10-13(18-8-3-4-9-18)15-11(16)6-5-7-12(15)17/h5-7,13H,2-4,8-10H2,1H3. The van der Waals surface area contributed by atoms with Crippen molar-refractivity contribution in [3.05, 3.63) is 33.8 Å². The lowest BCUT2D eigenvalue weighted by Gasteiger charge is -2.28. The molecule has 0 radical (unpaired) electrons. The van der Waals surface area contributed by atoms with Crippen molar-refractivity contribution in [1.82, 2.24) is 4.90 Å². The molecule has 0 saturated carbocycles. The highest BCUT2D eigenvalue weighted by atomic mass is 35.5. The predicted octanol–water partition coefficient (Wildman–Crippen LogP) is 4.08. The molecule has 0 bridgehead atoms. The van der Waals surface area contributed by atoms with Gasteiger partial charge >= 0.3 is 5.97 Å². The van der Waals surface area contributed by atoms with Crippen LogP contribution in [0, 0.1) is 0 Å². The third kappa shape index (κ3) is 3.66. The quantitative estimate of drug-likeness (QED) is 0.767. The van der Waals surface area contributed by atoms with E-state index in [-0.39, 0.29) is 18.4 Å². The number of hydrogen-bond donors (Lipinski definition) is 0. The number of halogens is 2. The van der Waals surface area contributed by atoms with Crippen LogP contribution in [-0.2, 0) is 9.53 Å². The maximum absolute atomic E-state index is 11.9. The number of hydrogen-bond acceptors (Lipinski definition) is 3. The molecule has 0 aromatic heterocycles. The summed E-state index contributed by atoms with van der Waals surface area (Å²) in [7, 11) is 0. The second-order valence-electron chi connectivity index (χ2n) is 4.90. The molecule has 1 aromatic rings. The number of ether oxygens (including phenoxy) is 1. The van der Waals surface area contributed by atoms with E-state index in [1.54, 1.807) is 0 Å². The molecular formula is C15H19Cl2NO2. The number of benzene rings is 1. The number of likely N-dealkylation sites (tertiary alicyclic amines) is 1. The van der Waals surface area contributed by atoms with Gasteiger partial charge in [0.1, 0.15) is 0 Å². The molecule has 0 aliphatic carbocycles. The minimum atomic E-state index is -0.208. The minimum Gasteiger partial charge on any atom is -0.466 e. The van der Waals surface area contributed by atoms with E-state index < -0.39 is 0 Å². The molecule has 1 atom stereocenters. The largest absolute Gasteiger partial charge is 0.466 e. The predicted molar refractivity (Wildman–Crippen MR) is 81.3 cm³/mol. The smallest absolute Gasteiger partial charge is 0.307 e. The number of nitrogens with zero attached hydrogens (tertiary/aromatic N) is 1. The lowest BCUT2D eigenvalue weighted by molar-refractivity contribution is -0.144. The first-order valence-electron chi connectivity index (χ1n) is 6.97. The maximum atomic E-state index is 11.9. The van der Waals surface area contributed by atoms with Crippen molar-refractivity contribution < 1.29 is 9.53 Å². The molecule has 20 heavy (non-hydrogen) atoms. The highest BCUT2D eigenvalue weighted by Crippen LogP contribution is 2.37. The van der Waals surface area contributed by atoms with E-state index in [1.807, 2.05) is 25.1 Å². The van der Waals surface area contributed by atoms with Crippen LogP contribution in [0.25, 0.3) is 0 Å². The molecule has 1 aliphatic rings. The fraction of sp³-hybridized carbons (Fsp3) is 0.533. The maximum Gasteiger partial charge on any atom is 0.307 e. The normalized spacial score (nSPS) is 17.1. The molecule has 3 nitrogen and oxygen atoms in total. The van der Waals surface area contributed by atoms with Gasteiger partial charge in [0.25, 0.3) is 0 Å². The van der Waals surface area contributed by atoms with E-state index in [4.69, 9.17) is 27.9 Å². The molecular weight excluding hydrogens is 297 g/mol. The van der Waals surface area contributed by atoms with Crippen LogP contribution in [0.5, 0.6) is 0 Å². The zero-order valence-corrected chi connectivity index (χ0v) is 13.1. The molecule has 5 heteroatoms. The van der Waals surface area contributed by atoms with Gasteiger partial charge in [0, 0.05) is 21.7 Å². The summed E-state index contributed by atoms with van der Waals surface area (Å²) >= 11 is 12.6. The fourth-order valence-electron chi connectivity index (χ4n) is 2.67. The Bertz CT molecular complexity index is 453. The third-order valence-electron chi connectivity index (χ3n) is 3.58. The van der Waals surface area contributed by atoms with Gasteiger partial charge in [-0.15, -0.1) is 0 Å². The van der Waals surface area contributed by atoms with Crippen molar-refractivity contribution in [1.29, 1.82) is 0 Å². The average molecular weight is 316 g/mol. The Labute approximate surface area is 129 Å². The van der Waals surface area contributed by atoms with E-state index in [0.717, 1.165) is 31.5 Å². The van der Waals surface area contributed by atoms with Gasteiger partial charge in [0.05, 0.1) is 13.0 Å². The summed E-state index contributed by atoms with van der Waals surface area (Å²) in [6.45, 7) is 4.13. The van der Waals surface area contributed by atoms with Crippen LogP contribution in [0.4, 0.5) is 0 Å². The molecule has 1 saturated heterocycles. The first-order valence-corrected chi connectivity index (χ1v) is 7.72. The summed E-state index contributed by atoms with van der Waals surface area (Å²) in [4.78, 5) is 14.1. The first kappa shape index (κ1) is 15.6. The summed E-state index contributed by atoms with van der Waals surface area (Å²) in [5.41, 5.74) is 0.839. The van der Waals surface area contributed by atoms with Gasteiger partial charge in [-0.05, 0) is 45.0 Å². The molecule has 110 valence electrons. The highest BCUT2D eigenvalue weighted by Gasteiger charge is 2.29. The second-order valence-corrected chi connectivity index (χ2v) is 5.72. The Morgan fingerprint density at radius 3 is 2.45 bits per heavy atom. The number of carbonyl (C=O) groups is 1. The van der Waals surface area contributed by atoms with E-state index in [0.29, 0.717) is 16.7 Å². The van der Waals surface area contributed by atoms with Crippen LogP contribution < -0.4 is 0 Å². The van der Waals surface area contributed by atoms with Crippen molar-refractivity contribution in [2.45, 2.75) is 32.2 Å². The van der Waals surface area contributed by atoms with Crippen LogP contribution >= 0.6 is 23.2 Å². The number of carbonyl (C=O) groups excluding carboxylic acids is 1. The molecule has 2 rings (SSSR count). The molecule has 1 heterocycles. The van der Waals surface area contributed by atoms with Gasteiger partial charge in [0.2, 0.25) is 0 Å². The highest BCUT2D eigenvalue weighted by molar-refractivity contribution is 6.36. The van der Waals surface area contributed by atoms with Gasteiger partial charge in [-0.3, -0.25) is 9.69 Å². The van der Waals surface area contributed by atoms with Crippen molar-refractivity contribution >= 4 is 29.2 Å². The second kappa shape index (κ2) is 7.30. The van der Waals surface area contributed by atoms with Crippen molar-refractivity contribution in [3.63, 3.8) is 0 Å². The topological polar surface area (TPSA) is 29.5 Å². The molecule has 0 amide bonds. The van der Waals surface area contributed by atoms with Crippen LogP contribution in [0.3, 0.4) is 0 Å². The van der Waals surface area contributed by atoms with E-state index in [1.165, 1.54) is 0 Å². The van der Waals surface area contributed by atoms with E-state index in [9.17, 15) is 4.79 Å². The van der Waals surface area contributed by atoms with Crippen molar-refractivity contribution in [2.75, 3.05) is 19.7 Å². The summed E-state index contributed by atoms with van der Waals surface area (Å²) < 4.78 is 5.08. The SMILES string of the molecule is CCOC(=O)CC(c1c(Cl)cccc1Cl)N1CCCC1. The van der Waals surface area contributed by atoms with Crippen LogP contribution in [0.2, 0.25) is 10.0 Å². The number of rotatable bonds is 5. The van der Waals surface area contributed by atoms with Crippen molar-refractivity contribution in [3.8, 4) is 0 Å². The minimum absolute atomic E-state index is 0.0993. The molecule has 1 unspecified atom stereocenters. The Morgan fingerprint density at radius 2 is 1.90 bits per heavy atom. The molecule has 1 fully saturated rings. The van der Waals surface area contributed by atoms with Crippen LogP contribution in [-0.4, -0.2) is 30.6 Å². The lowest BCUT2D eigenvalue weighted by Crippen LogP contribution is -2.28. The van der Waals surface area contributed by atoms with E-state index in [2.05, 4.69) is 4.90 Å². The average Bonchev–Trinajstić information content (AvgIpc) is 2.91. The lowest BCUT2D eigenvalue weighted by atomic mass is 10.0. The first-order chi connectivity index (χ1) is 9.63. The fourth-order valence-corrected chi connectivity index (χ4v) is 3.32. The summed E-state index contributed by atoms with van der Waals surface area (Å²) in [5.74, 6) is -0.208. The van der Waals surface area contributed by atoms with Gasteiger partial charge in [-0.25, -0.2) is 0 Å². The van der Waals surface area contributed by atoms with E-state index >= 15 is 0 Å². The van der Waals surface area contributed by atoms with Gasteiger partial charge < -0.3 is 4.74 Å². The number of esters is 1. The van der Waals surface area contributed by atoms with Crippen LogP contribution in [0.15, 0.2) is 18.2 Å². The molecule has 0 N–H and O–H groups in total. The Kier molecular flexibility index (Phi) is 5.70. The molecule has 1 aromatic carbocycles. The zero-order valence-electron chi connectivity index (χ0n) is 11.6. The summed E-state index contributed by atoms with van der Waals surface area (Å²) in [5, 5.41) is 1.22. The summed E-state index contributed by atoms with van der Waals surface area (Å²) in [6.07, 6.45) is 2.57. The zero-order chi connectivity index (χ0) is 14.5. The van der Waals surface area contributed by atoms with Gasteiger partial charge in [0.15, 0.2) is 0 Å². The molecule has 1 aliphatic heterocycles. The Morgan fingerprint density at radius 1 is 1.30 bits per heavy atom. The van der Waals surface area contributed by atoms with Crippen molar-refractivity contribution in [2.24, 2.45) is 0 Å². The van der Waals surface area contributed by atoms with Gasteiger partial charge in [-0.2, -0.15) is 0 Å².